The molecule has 2 aromatic rings. The lowest BCUT2D eigenvalue weighted by Gasteiger charge is -2.31. The molecule has 2 aromatic heterocycles. The van der Waals surface area contributed by atoms with Crippen molar-refractivity contribution in [2.75, 3.05) is 31.1 Å². The van der Waals surface area contributed by atoms with Gasteiger partial charge in [-0.05, 0) is 51.3 Å². The van der Waals surface area contributed by atoms with Crippen LogP contribution in [0.2, 0.25) is 5.15 Å². The molecule has 0 radical (unpaired) electrons. The van der Waals surface area contributed by atoms with Gasteiger partial charge in [-0.2, -0.15) is 0 Å². The normalized spacial score (nSPS) is 19.7. The Morgan fingerprint density at radius 2 is 1.96 bits per heavy atom. The Morgan fingerprint density at radius 3 is 2.68 bits per heavy atom. The molecule has 4 heterocycles. The molecule has 2 fully saturated rings. The van der Waals surface area contributed by atoms with Crippen molar-refractivity contribution < 1.29 is 0 Å². The molecule has 0 saturated carbocycles. The summed E-state index contributed by atoms with van der Waals surface area (Å²) in [4.78, 5) is 19.3. The number of piperidine rings is 1. The van der Waals surface area contributed by atoms with Crippen LogP contribution in [0.25, 0.3) is 0 Å². The predicted molar refractivity (Wildman–Crippen MR) is 103 cm³/mol. The number of anilines is 1. The maximum Gasteiger partial charge on any atom is 0.187 e. The minimum Gasteiger partial charge on any atom is -0.348 e. The van der Waals surface area contributed by atoms with Crippen LogP contribution in [-0.4, -0.2) is 46.0 Å². The first kappa shape index (κ1) is 17.2. The van der Waals surface area contributed by atoms with Crippen molar-refractivity contribution in [3.05, 3.63) is 33.8 Å². The lowest BCUT2D eigenvalue weighted by Crippen LogP contribution is -2.32. The Balaban J connectivity index is 1.36. The number of nitrogens with zero attached hydrogens (tertiary/aromatic N) is 5. The first-order chi connectivity index (χ1) is 12.2. The third kappa shape index (κ3) is 3.81. The SMILES string of the molecule is Cc1cncnc1C1CCN(Cc2sc(N3CCCC3)nc2Cl)CC1. The molecule has 25 heavy (non-hydrogen) atoms. The summed E-state index contributed by atoms with van der Waals surface area (Å²) < 4.78 is 0. The molecule has 0 spiro atoms. The fourth-order valence-corrected chi connectivity index (χ4v) is 5.22. The van der Waals surface area contributed by atoms with Crippen molar-refractivity contribution in [3.8, 4) is 0 Å². The number of thiazole rings is 1. The van der Waals surface area contributed by atoms with Gasteiger partial charge in [0.2, 0.25) is 0 Å². The van der Waals surface area contributed by atoms with Crippen LogP contribution in [-0.2, 0) is 6.54 Å². The van der Waals surface area contributed by atoms with Gasteiger partial charge >= 0.3 is 0 Å². The van der Waals surface area contributed by atoms with Gasteiger partial charge in [0.15, 0.2) is 5.13 Å². The van der Waals surface area contributed by atoms with Crippen LogP contribution < -0.4 is 4.90 Å². The minimum absolute atomic E-state index is 0.552. The summed E-state index contributed by atoms with van der Waals surface area (Å²) in [7, 11) is 0. The van der Waals surface area contributed by atoms with Crippen LogP contribution in [0.3, 0.4) is 0 Å². The van der Waals surface area contributed by atoms with E-state index in [1.807, 2.05) is 6.20 Å². The Bertz CT molecular complexity index is 720. The second kappa shape index (κ2) is 7.56. The third-order valence-corrected chi connectivity index (χ3v) is 6.82. The molecule has 0 bridgehead atoms. The van der Waals surface area contributed by atoms with Gasteiger partial charge in [0.1, 0.15) is 11.5 Å². The molecule has 2 saturated heterocycles. The van der Waals surface area contributed by atoms with Crippen molar-refractivity contribution in [1.29, 1.82) is 0 Å². The van der Waals surface area contributed by atoms with Crippen LogP contribution in [0.5, 0.6) is 0 Å². The zero-order chi connectivity index (χ0) is 17.2. The van der Waals surface area contributed by atoms with Crippen molar-refractivity contribution in [2.45, 2.75) is 45.1 Å². The summed E-state index contributed by atoms with van der Waals surface area (Å²) in [5.74, 6) is 0.552. The van der Waals surface area contributed by atoms with Gasteiger partial charge in [0, 0.05) is 37.4 Å². The van der Waals surface area contributed by atoms with E-state index >= 15 is 0 Å². The zero-order valence-corrected chi connectivity index (χ0v) is 16.2. The van der Waals surface area contributed by atoms with Crippen molar-refractivity contribution in [1.82, 2.24) is 19.9 Å². The van der Waals surface area contributed by atoms with Gasteiger partial charge in [0.25, 0.3) is 0 Å². The van der Waals surface area contributed by atoms with E-state index in [2.05, 4.69) is 31.7 Å². The maximum absolute atomic E-state index is 6.42. The first-order valence-electron chi connectivity index (χ1n) is 9.09. The van der Waals surface area contributed by atoms with Gasteiger partial charge < -0.3 is 4.90 Å². The monoisotopic (exact) mass is 377 g/mol. The highest BCUT2D eigenvalue weighted by Crippen LogP contribution is 2.34. The molecule has 0 amide bonds. The van der Waals surface area contributed by atoms with E-state index < -0.39 is 0 Å². The summed E-state index contributed by atoms with van der Waals surface area (Å²) in [6.45, 7) is 7.43. The Kier molecular flexibility index (Phi) is 5.20. The highest BCUT2D eigenvalue weighted by molar-refractivity contribution is 7.16. The highest BCUT2D eigenvalue weighted by Gasteiger charge is 2.25. The molecule has 0 atom stereocenters. The van der Waals surface area contributed by atoms with Crippen molar-refractivity contribution in [3.63, 3.8) is 0 Å². The second-order valence-corrected chi connectivity index (χ2v) is 8.47. The Labute approximate surface area is 158 Å². The van der Waals surface area contributed by atoms with Gasteiger partial charge in [-0.25, -0.2) is 15.0 Å². The van der Waals surface area contributed by atoms with Gasteiger partial charge in [-0.1, -0.05) is 22.9 Å². The molecule has 7 heteroatoms. The number of aryl methyl sites for hydroxylation is 1. The zero-order valence-electron chi connectivity index (χ0n) is 14.6. The van der Waals surface area contributed by atoms with Crippen LogP contribution in [0.15, 0.2) is 12.5 Å². The van der Waals surface area contributed by atoms with Gasteiger partial charge in [-0.3, -0.25) is 4.90 Å². The first-order valence-corrected chi connectivity index (χ1v) is 10.3. The van der Waals surface area contributed by atoms with Crippen molar-refractivity contribution >= 4 is 28.1 Å². The average molecular weight is 378 g/mol. The molecular weight excluding hydrogens is 354 g/mol. The van der Waals surface area contributed by atoms with Gasteiger partial charge in [-0.15, -0.1) is 0 Å². The molecule has 2 aliphatic heterocycles. The summed E-state index contributed by atoms with van der Waals surface area (Å²) in [5, 5.41) is 1.80. The lowest BCUT2D eigenvalue weighted by atomic mass is 9.91. The molecule has 0 aliphatic carbocycles. The Hall–Kier alpha value is -1.24. The molecule has 0 aromatic carbocycles. The third-order valence-electron chi connectivity index (χ3n) is 5.29. The quantitative estimate of drug-likeness (QED) is 0.809. The lowest BCUT2D eigenvalue weighted by molar-refractivity contribution is 0.204. The van der Waals surface area contributed by atoms with Crippen LogP contribution >= 0.6 is 22.9 Å². The van der Waals surface area contributed by atoms with E-state index in [0.717, 1.165) is 50.7 Å². The summed E-state index contributed by atoms with van der Waals surface area (Å²) in [5.41, 5.74) is 2.43. The number of hydrogen-bond acceptors (Lipinski definition) is 6. The van der Waals surface area contributed by atoms with Crippen molar-refractivity contribution in [2.24, 2.45) is 0 Å². The van der Waals surface area contributed by atoms with E-state index in [0.29, 0.717) is 11.1 Å². The number of aromatic nitrogens is 3. The van der Waals surface area contributed by atoms with E-state index in [4.69, 9.17) is 11.6 Å². The van der Waals surface area contributed by atoms with E-state index in [1.54, 1.807) is 17.7 Å². The molecule has 4 rings (SSSR count). The van der Waals surface area contributed by atoms with Gasteiger partial charge in [0.05, 0.1) is 4.88 Å². The number of likely N-dealkylation sites (tertiary alicyclic amines) is 1. The maximum atomic E-state index is 6.42. The fourth-order valence-electron chi connectivity index (χ4n) is 3.87. The minimum atomic E-state index is 0.552. The Morgan fingerprint density at radius 1 is 1.20 bits per heavy atom. The number of hydrogen-bond donors (Lipinski definition) is 0. The fraction of sp³-hybridized carbons (Fsp3) is 0.611. The molecule has 2 aliphatic rings. The molecular formula is C18H24ClN5S. The molecule has 5 nitrogen and oxygen atoms in total. The summed E-state index contributed by atoms with van der Waals surface area (Å²) in [6, 6.07) is 0. The second-order valence-electron chi connectivity index (χ2n) is 7.05. The summed E-state index contributed by atoms with van der Waals surface area (Å²) >= 11 is 8.19. The largest absolute Gasteiger partial charge is 0.348 e. The highest BCUT2D eigenvalue weighted by atomic mass is 35.5. The van der Waals surface area contributed by atoms with E-state index in [9.17, 15) is 0 Å². The van der Waals surface area contributed by atoms with Crippen LogP contribution in [0.1, 0.15) is 47.7 Å². The average Bonchev–Trinajstić information content (AvgIpc) is 3.27. The number of halogens is 1. The molecule has 0 N–H and O–H groups in total. The topological polar surface area (TPSA) is 45.2 Å². The standard InChI is InChI=1S/C18H24ClN5S/c1-13-10-20-12-21-16(13)14-4-8-23(9-5-14)11-15-17(19)22-18(25-15)24-6-2-3-7-24/h10,12,14H,2-9,11H2,1H3. The molecule has 0 unspecified atom stereocenters. The van der Waals surface area contributed by atoms with E-state index in [1.165, 1.54) is 29.0 Å². The molecule has 134 valence electrons. The predicted octanol–water partition coefficient (Wildman–Crippen LogP) is 3.87. The smallest absolute Gasteiger partial charge is 0.187 e. The number of rotatable bonds is 4. The summed E-state index contributed by atoms with van der Waals surface area (Å²) in [6.07, 6.45) is 8.42. The van der Waals surface area contributed by atoms with E-state index in [-0.39, 0.29) is 0 Å². The van der Waals surface area contributed by atoms with Crippen LogP contribution in [0, 0.1) is 6.92 Å². The van der Waals surface area contributed by atoms with Crippen LogP contribution in [0.4, 0.5) is 5.13 Å².